The first-order valence-corrected chi connectivity index (χ1v) is 7.92. The quantitative estimate of drug-likeness (QED) is 0.905. The molecule has 0 bridgehead atoms. The molecule has 0 heterocycles. The lowest BCUT2D eigenvalue weighted by Crippen LogP contribution is -2.39. The van der Waals surface area contributed by atoms with Gasteiger partial charge in [0.2, 0.25) is 10.0 Å². The molecule has 1 aromatic carbocycles. The Morgan fingerprint density at radius 3 is 2.42 bits per heavy atom. The molecule has 0 atom stereocenters. The standard InChI is InChI=1S/C12H18Cl2N2O2S/c1-12(2,7-15)8-16(3)19(17,18)10-6-4-5-9(13)11(10)14/h4-6H,7-8,15H2,1-3H3. The van der Waals surface area contributed by atoms with Crippen LogP contribution >= 0.6 is 23.2 Å². The van der Waals surface area contributed by atoms with Gasteiger partial charge in [-0.25, -0.2) is 12.7 Å². The molecule has 0 aromatic heterocycles. The van der Waals surface area contributed by atoms with Gasteiger partial charge in [0.1, 0.15) is 4.90 Å². The maximum atomic E-state index is 12.4. The van der Waals surface area contributed by atoms with Gasteiger partial charge in [0.15, 0.2) is 0 Å². The largest absolute Gasteiger partial charge is 0.330 e. The summed E-state index contributed by atoms with van der Waals surface area (Å²) in [6.07, 6.45) is 0. The Balaban J connectivity index is 3.14. The van der Waals surface area contributed by atoms with Gasteiger partial charge in [-0.2, -0.15) is 0 Å². The molecule has 0 aliphatic carbocycles. The van der Waals surface area contributed by atoms with Gasteiger partial charge in [0.25, 0.3) is 0 Å². The molecule has 1 aromatic rings. The van der Waals surface area contributed by atoms with E-state index in [1.165, 1.54) is 17.4 Å². The normalized spacial score (nSPS) is 13.0. The highest BCUT2D eigenvalue weighted by Gasteiger charge is 2.29. The molecule has 0 spiro atoms. The van der Waals surface area contributed by atoms with E-state index in [1.54, 1.807) is 12.1 Å². The second-order valence-corrected chi connectivity index (χ2v) is 7.98. The molecule has 7 heteroatoms. The molecule has 19 heavy (non-hydrogen) atoms. The number of nitrogens with two attached hydrogens (primary N) is 1. The Morgan fingerprint density at radius 1 is 1.32 bits per heavy atom. The Hall–Kier alpha value is -0.330. The Bertz CT molecular complexity index is 559. The van der Waals surface area contributed by atoms with Crippen molar-refractivity contribution in [2.45, 2.75) is 18.7 Å². The number of rotatable bonds is 5. The summed E-state index contributed by atoms with van der Waals surface area (Å²) in [4.78, 5) is 0.0111. The third-order valence-corrected chi connectivity index (χ3v) is 5.58. The highest BCUT2D eigenvalue weighted by Crippen LogP contribution is 2.31. The minimum atomic E-state index is -3.67. The summed E-state index contributed by atoms with van der Waals surface area (Å²) >= 11 is 11.8. The topological polar surface area (TPSA) is 63.4 Å². The summed E-state index contributed by atoms with van der Waals surface area (Å²) in [5.41, 5.74) is 5.31. The van der Waals surface area contributed by atoms with E-state index >= 15 is 0 Å². The van der Waals surface area contributed by atoms with Crippen LogP contribution in [0.1, 0.15) is 13.8 Å². The molecular formula is C12H18Cl2N2O2S. The van der Waals surface area contributed by atoms with Gasteiger partial charge < -0.3 is 5.73 Å². The zero-order valence-electron chi connectivity index (χ0n) is 11.2. The number of halogens is 2. The van der Waals surface area contributed by atoms with E-state index in [0.717, 1.165) is 0 Å². The van der Waals surface area contributed by atoms with E-state index in [4.69, 9.17) is 28.9 Å². The molecule has 0 aliphatic heterocycles. The fourth-order valence-electron chi connectivity index (χ4n) is 1.60. The van der Waals surface area contributed by atoms with Crippen LogP contribution in [0.5, 0.6) is 0 Å². The number of sulfonamides is 1. The maximum absolute atomic E-state index is 12.4. The first-order valence-electron chi connectivity index (χ1n) is 5.72. The smallest absolute Gasteiger partial charge is 0.244 e. The third kappa shape index (κ3) is 3.83. The van der Waals surface area contributed by atoms with Crippen LogP contribution in [-0.4, -0.2) is 32.9 Å². The molecular weight excluding hydrogens is 307 g/mol. The van der Waals surface area contributed by atoms with Crippen molar-refractivity contribution in [2.24, 2.45) is 11.1 Å². The fraction of sp³-hybridized carbons (Fsp3) is 0.500. The summed E-state index contributed by atoms with van der Waals surface area (Å²) in [7, 11) is -2.17. The van der Waals surface area contributed by atoms with Gasteiger partial charge in [-0.05, 0) is 24.1 Å². The molecule has 4 nitrogen and oxygen atoms in total. The van der Waals surface area contributed by atoms with Crippen LogP contribution < -0.4 is 5.73 Å². The molecule has 0 saturated heterocycles. The van der Waals surface area contributed by atoms with E-state index in [-0.39, 0.29) is 20.4 Å². The van der Waals surface area contributed by atoms with Crippen LogP contribution in [-0.2, 0) is 10.0 Å². The molecule has 0 unspecified atom stereocenters. The van der Waals surface area contributed by atoms with Crippen LogP contribution in [0.2, 0.25) is 10.0 Å². The zero-order chi connectivity index (χ0) is 14.8. The van der Waals surface area contributed by atoms with Crippen molar-refractivity contribution in [2.75, 3.05) is 20.1 Å². The van der Waals surface area contributed by atoms with Crippen molar-refractivity contribution in [1.29, 1.82) is 0 Å². The molecule has 0 radical (unpaired) electrons. The number of hydrogen-bond donors (Lipinski definition) is 1. The molecule has 108 valence electrons. The minimum absolute atomic E-state index is 0.0111. The summed E-state index contributed by atoms with van der Waals surface area (Å²) in [6.45, 7) is 4.49. The highest BCUT2D eigenvalue weighted by molar-refractivity contribution is 7.89. The van der Waals surface area contributed by atoms with Crippen molar-refractivity contribution in [3.8, 4) is 0 Å². The third-order valence-electron chi connectivity index (χ3n) is 2.81. The fourth-order valence-corrected chi connectivity index (χ4v) is 3.69. The second kappa shape index (κ2) is 5.97. The van der Waals surface area contributed by atoms with E-state index in [1.807, 2.05) is 13.8 Å². The first-order chi connectivity index (χ1) is 8.62. The molecule has 0 fully saturated rings. The zero-order valence-corrected chi connectivity index (χ0v) is 13.5. The molecule has 2 N–H and O–H groups in total. The number of benzene rings is 1. The van der Waals surface area contributed by atoms with E-state index < -0.39 is 10.0 Å². The van der Waals surface area contributed by atoms with Crippen molar-refractivity contribution in [1.82, 2.24) is 4.31 Å². The van der Waals surface area contributed by atoms with Crippen molar-refractivity contribution in [3.05, 3.63) is 28.2 Å². The summed E-state index contributed by atoms with van der Waals surface area (Å²) < 4.78 is 26.1. The van der Waals surface area contributed by atoms with Crippen LogP contribution in [0.3, 0.4) is 0 Å². The monoisotopic (exact) mass is 324 g/mol. The summed E-state index contributed by atoms with van der Waals surface area (Å²) in [6, 6.07) is 4.55. The lowest BCUT2D eigenvalue weighted by atomic mass is 9.94. The van der Waals surface area contributed by atoms with Crippen molar-refractivity contribution >= 4 is 33.2 Å². The van der Waals surface area contributed by atoms with Crippen LogP contribution in [0, 0.1) is 5.41 Å². The van der Waals surface area contributed by atoms with E-state index in [9.17, 15) is 8.42 Å². The van der Waals surface area contributed by atoms with Gasteiger partial charge >= 0.3 is 0 Å². The van der Waals surface area contributed by atoms with Gasteiger partial charge in [0.05, 0.1) is 10.0 Å². The van der Waals surface area contributed by atoms with Gasteiger partial charge in [0, 0.05) is 13.6 Å². The Morgan fingerprint density at radius 2 is 1.89 bits per heavy atom. The molecule has 1 rings (SSSR count). The SMILES string of the molecule is CN(CC(C)(C)CN)S(=O)(=O)c1cccc(Cl)c1Cl. The van der Waals surface area contributed by atoms with Gasteiger partial charge in [-0.1, -0.05) is 43.1 Å². The number of hydrogen-bond acceptors (Lipinski definition) is 3. The summed E-state index contributed by atoms with van der Waals surface area (Å²) in [5.74, 6) is 0. The van der Waals surface area contributed by atoms with Crippen molar-refractivity contribution in [3.63, 3.8) is 0 Å². The van der Waals surface area contributed by atoms with Gasteiger partial charge in [-0.15, -0.1) is 0 Å². The molecule has 0 aliphatic rings. The predicted molar refractivity (Wildman–Crippen MR) is 79.1 cm³/mol. The highest BCUT2D eigenvalue weighted by atomic mass is 35.5. The lowest BCUT2D eigenvalue weighted by Gasteiger charge is -2.28. The van der Waals surface area contributed by atoms with Crippen molar-refractivity contribution < 1.29 is 8.42 Å². The van der Waals surface area contributed by atoms with Crippen LogP contribution in [0.25, 0.3) is 0 Å². The second-order valence-electron chi connectivity index (χ2n) is 5.18. The first kappa shape index (κ1) is 16.7. The molecule has 0 amide bonds. The lowest BCUT2D eigenvalue weighted by molar-refractivity contribution is 0.292. The Labute approximate surface area is 124 Å². The predicted octanol–water partition coefficient (Wildman–Crippen LogP) is 2.60. The maximum Gasteiger partial charge on any atom is 0.244 e. The van der Waals surface area contributed by atoms with E-state index in [2.05, 4.69) is 0 Å². The number of nitrogens with zero attached hydrogens (tertiary/aromatic N) is 1. The minimum Gasteiger partial charge on any atom is -0.330 e. The van der Waals surface area contributed by atoms with E-state index in [0.29, 0.717) is 13.1 Å². The van der Waals surface area contributed by atoms with Crippen LogP contribution in [0.15, 0.2) is 23.1 Å². The summed E-state index contributed by atoms with van der Waals surface area (Å²) in [5, 5.41) is 0.260. The van der Waals surface area contributed by atoms with Crippen LogP contribution in [0.4, 0.5) is 0 Å². The Kier molecular flexibility index (Phi) is 5.26. The van der Waals surface area contributed by atoms with Gasteiger partial charge in [-0.3, -0.25) is 0 Å². The molecule has 0 saturated carbocycles. The average molecular weight is 325 g/mol. The average Bonchev–Trinajstić information content (AvgIpc) is 2.31.